The Labute approximate surface area is 136 Å². The lowest BCUT2D eigenvalue weighted by molar-refractivity contribution is 0.104. The van der Waals surface area contributed by atoms with Gasteiger partial charge in [0.1, 0.15) is 5.76 Å². The summed E-state index contributed by atoms with van der Waals surface area (Å²) in [6.07, 6.45) is 7.10. The summed E-state index contributed by atoms with van der Waals surface area (Å²) in [4.78, 5) is 6.88. The lowest BCUT2D eigenvalue weighted by atomic mass is 9.85. The molecule has 1 aliphatic heterocycles. The molecule has 23 heavy (non-hydrogen) atoms. The molecule has 0 radical (unpaired) electrons. The van der Waals surface area contributed by atoms with Crippen LogP contribution in [0.1, 0.15) is 79.6 Å². The molecule has 1 saturated heterocycles. The van der Waals surface area contributed by atoms with Gasteiger partial charge in [-0.25, -0.2) is 4.98 Å². The van der Waals surface area contributed by atoms with E-state index in [0.29, 0.717) is 12.5 Å². The molecule has 2 aliphatic rings. The molecule has 0 unspecified atom stereocenters. The summed E-state index contributed by atoms with van der Waals surface area (Å²) in [6.45, 7) is 5.67. The minimum atomic E-state index is 0.192. The minimum Gasteiger partial charge on any atom is -0.444 e. The van der Waals surface area contributed by atoms with Crippen molar-refractivity contribution in [2.24, 2.45) is 0 Å². The smallest absolute Gasteiger partial charge is 0.233 e. The van der Waals surface area contributed by atoms with E-state index in [9.17, 15) is 0 Å². The molecule has 3 heterocycles. The van der Waals surface area contributed by atoms with Crippen LogP contribution < -0.4 is 0 Å². The second-order valence-corrected chi connectivity index (χ2v) is 6.84. The lowest BCUT2D eigenvalue weighted by Crippen LogP contribution is -2.33. The van der Waals surface area contributed by atoms with E-state index in [1.807, 2.05) is 13.8 Å². The van der Waals surface area contributed by atoms with Crippen LogP contribution in [0.15, 0.2) is 8.83 Å². The van der Waals surface area contributed by atoms with Gasteiger partial charge in [0.2, 0.25) is 17.7 Å². The van der Waals surface area contributed by atoms with Gasteiger partial charge in [-0.1, -0.05) is 12.8 Å². The van der Waals surface area contributed by atoms with Gasteiger partial charge in [0.05, 0.1) is 18.3 Å². The van der Waals surface area contributed by atoms with Crippen LogP contribution in [-0.4, -0.2) is 26.6 Å². The minimum absolute atomic E-state index is 0.192. The first kappa shape index (κ1) is 14.9. The number of piperidine rings is 1. The maximum absolute atomic E-state index is 6.01. The Bertz CT molecular complexity index is 654. The molecular formula is C17H24N4O2. The molecule has 4 rings (SSSR count). The van der Waals surface area contributed by atoms with Crippen molar-refractivity contribution in [3.63, 3.8) is 0 Å². The quantitative estimate of drug-likeness (QED) is 0.857. The number of nitrogens with zero attached hydrogens (tertiary/aromatic N) is 4. The van der Waals surface area contributed by atoms with E-state index in [2.05, 4.69) is 20.1 Å². The highest BCUT2D eigenvalue weighted by Crippen LogP contribution is 2.38. The Morgan fingerprint density at radius 3 is 2.52 bits per heavy atom. The van der Waals surface area contributed by atoms with E-state index in [1.54, 1.807) is 0 Å². The fourth-order valence-electron chi connectivity index (χ4n) is 3.44. The molecule has 2 aromatic rings. The molecule has 0 spiro atoms. The summed E-state index contributed by atoms with van der Waals surface area (Å²) < 4.78 is 11.8. The van der Waals surface area contributed by atoms with E-state index >= 15 is 0 Å². The second kappa shape index (κ2) is 6.07. The van der Waals surface area contributed by atoms with Gasteiger partial charge in [0.15, 0.2) is 0 Å². The summed E-state index contributed by atoms with van der Waals surface area (Å²) in [5, 5.41) is 8.64. The second-order valence-electron chi connectivity index (χ2n) is 6.84. The van der Waals surface area contributed by atoms with Gasteiger partial charge in [-0.05, 0) is 46.1 Å². The third-order valence-electron chi connectivity index (χ3n) is 5.22. The fourth-order valence-corrected chi connectivity index (χ4v) is 3.44. The Balaban J connectivity index is 1.51. The summed E-state index contributed by atoms with van der Waals surface area (Å²) >= 11 is 0. The Hall–Kier alpha value is -1.69. The van der Waals surface area contributed by atoms with Crippen LogP contribution in [0.3, 0.4) is 0 Å². The molecule has 6 nitrogen and oxygen atoms in total. The molecule has 0 amide bonds. The number of rotatable bonds is 4. The molecule has 6 heteroatoms. The van der Waals surface area contributed by atoms with E-state index in [4.69, 9.17) is 8.83 Å². The zero-order valence-corrected chi connectivity index (χ0v) is 13.9. The van der Waals surface area contributed by atoms with Crippen LogP contribution in [0.4, 0.5) is 0 Å². The summed E-state index contributed by atoms with van der Waals surface area (Å²) in [5.41, 5.74) is 0.971. The number of oxazole rings is 1. The predicted molar refractivity (Wildman–Crippen MR) is 83.9 cm³/mol. The first-order chi connectivity index (χ1) is 11.2. The standard InChI is InChI=1S/C17H24N4O2/c1-11-12(2)22-15(18-11)10-21-9-4-3-8-14(21)17-20-19-16(23-17)13-6-5-7-13/h13-14H,3-10H2,1-2H3/t14-/m0/s1. The van der Waals surface area contributed by atoms with E-state index < -0.39 is 0 Å². The molecule has 1 saturated carbocycles. The highest BCUT2D eigenvalue weighted by atomic mass is 16.4. The highest BCUT2D eigenvalue weighted by molar-refractivity contribution is 5.06. The van der Waals surface area contributed by atoms with E-state index in [0.717, 1.165) is 42.1 Å². The summed E-state index contributed by atoms with van der Waals surface area (Å²) in [5.74, 6) is 3.78. The number of aromatic nitrogens is 3. The monoisotopic (exact) mass is 316 g/mol. The molecule has 2 fully saturated rings. The van der Waals surface area contributed by atoms with Gasteiger partial charge in [-0.15, -0.1) is 10.2 Å². The number of aryl methyl sites for hydroxylation is 2. The van der Waals surface area contributed by atoms with Crippen LogP contribution in [0.25, 0.3) is 0 Å². The van der Waals surface area contributed by atoms with Crippen molar-refractivity contribution >= 4 is 0 Å². The van der Waals surface area contributed by atoms with Crippen molar-refractivity contribution in [1.82, 2.24) is 20.1 Å². The Morgan fingerprint density at radius 2 is 1.83 bits per heavy atom. The molecule has 0 bridgehead atoms. The fraction of sp³-hybridized carbons (Fsp3) is 0.706. The largest absolute Gasteiger partial charge is 0.444 e. The highest BCUT2D eigenvalue weighted by Gasteiger charge is 2.32. The number of hydrogen-bond donors (Lipinski definition) is 0. The van der Waals surface area contributed by atoms with Crippen LogP contribution >= 0.6 is 0 Å². The van der Waals surface area contributed by atoms with Gasteiger partial charge in [-0.3, -0.25) is 4.90 Å². The van der Waals surface area contributed by atoms with Crippen LogP contribution in [-0.2, 0) is 6.54 Å². The van der Waals surface area contributed by atoms with Crippen LogP contribution in [0.2, 0.25) is 0 Å². The molecule has 2 aromatic heterocycles. The summed E-state index contributed by atoms with van der Waals surface area (Å²) in [7, 11) is 0. The third-order valence-corrected chi connectivity index (χ3v) is 5.22. The van der Waals surface area contributed by atoms with Gasteiger partial charge in [0, 0.05) is 5.92 Å². The van der Waals surface area contributed by atoms with Gasteiger partial charge >= 0.3 is 0 Å². The van der Waals surface area contributed by atoms with Crippen molar-refractivity contribution in [3.8, 4) is 0 Å². The third kappa shape index (κ3) is 2.92. The average molecular weight is 316 g/mol. The molecule has 124 valence electrons. The maximum atomic E-state index is 6.01. The van der Waals surface area contributed by atoms with Gasteiger partial charge in [-0.2, -0.15) is 0 Å². The lowest BCUT2D eigenvalue weighted by Gasteiger charge is -2.32. The zero-order chi connectivity index (χ0) is 15.8. The van der Waals surface area contributed by atoms with Crippen molar-refractivity contribution in [1.29, 1.82) is 0 Å². The molecule has 1 aliphatic carbocycles. The Kier molecular flexibility index (Phi) is 3.93. The molecular weight excluding hydrogens is 292 g/mol. The molecule has 0 N–H and O–H groups in total. The normalized spacial score (nSPS) is 23.1. The first-order valence-corrected chi connectivity index (χ1v) is 8.71. The van der Waals surface area contributed by atoms with Crippen LogP contribution in [0.5, 0.6) is 0 Å². The molecule has 0 aromatic carbocycles. The average Bonchev–Trinajstić information content (AvgIpc) is 3.06. The first-order valence-electron chi connectivity index (χ1n) is 8.71. The van der Waals surface area contributed by atoms with Crippen molar-refractivity contribution in [2.45, 2.75) is 70.9 Å². The number of hydrogen-bond acceptors (Lipinski definition) is 6. The topological polar surface area (TPSA) is 68.2 Å². The van der Waals surface area contributed by atoms with Crippen molar-refractivity contribution < 1.29 is 8.83 Å². The van der Waals surface area contributed by atoms with E-state index in [1.165, 1.54) is 32.1 Å². The number of likely N-dealkylation sites (tertiary alicyclic amines) is 1. The SMILES string of the molecule is Cc1nc(CN2CCCC[C@H]2c2nnc(C3CCC3)o2)oc1C. The van der Waals surface area contributed by atoms with Gasteiger partial charge < -0.3 is 8.83 Å². The predicted octanol–water partition coefficient (Wildman–Crippen LogP) is 3.67. The zero-order valence-electron chi connectivity index (χ0n) is 13.9. The maximum Gasteiger partial charge on any atom is 0.233 e. The molecule has 1 atom stereocenters. The van der Waals surface area contributed by atoms with Crippen molar-refractivity contribution in [2.75, 3.05) is 6.54 Å². The van der Waals surface area contributed by atoms with Gasteiger partial charge in [0.25, 0.3) is 0 Å². The Morgan fingerprint density at radius 1 is 1.00 bits per heavy atom. The van der Waals surface area contributed by atoms with Crippen LogP contribution in [0, 0.1) is 13.8 Å². The van der Waals surface area contributed by atoms with E-state index in [-0.39, 0.29) is 6.04 Å². The van der Waals surface area contributed by atoms with Crippen molar-refractivity contribution in [3.05, 3.63) is 29.1 Å². The summed E-state index contributed by atoms with van der Waals surface area (Å²) in [6, 6.07) is 0.192.